The van der Waals surface area contributed by atoms with Crippen molar-refractivity contribution in [2.24, 2.45) is 0 Å². The quantitative estimate of drug-likeness (QED) is 0.229. The lowest BCUT2D eigenvalue weighted by Gasteiger charge is -2.24. The predicted molar refractivity (Wildman–Crippen MR) is 170 cm³/mol. The Bertz CT molecular complexity index is 1760. The van der Waals surface area contributed by atoms with Gasteiger partial charge >= 0.3 is 0 Å². The highest BCUT2D eigenvalue weighted by atomic mass is 35.5. The molecule has 216 valence electrons. The van der Waals surface area contributed by atoms with Crippen LogP contribution in [0.5, 0.6) is 5.75 Å². The van der Waals surface area contributed by atoms with Crippen molar-refractivity contribution in [1.82, 2.24) is 20.1 Å². The van der Waals surface area contributed by atoms with Gasteiger partial charge in [0.1, 0.15) is 18.1 Å². The number of methoxy groups -OCH3 is 1. The van der Waals surface area contributed by atoms with Crippen LogP contribution in [0.4, 0.5) is 5.82 Å². The molecule has 0 aliphatic carbocycles. The van der Waals surface area contributed by atoms with Crippen molar-refractivity contribution < 1.29 is 14.3 Å². The molecule has 0 fully saturated rings. The molecule has 0 saturated heterocycles. The zero-order chi connectivity index (χ0) is 29.8. The zero-order valence-corrected chi connectivity index (χ0v) is 24.9. The number of anilines is 1. The summed E-state index contributed by atoms with van der Waals surface area (Å²) in [5.74, 6) is 0.829. The van der Waals surface area contributed by atoms with Crippen molar-refractivity contribution in [2.75, 3.05) is 24.3 Å². The molecule has 0 saturated carbocycles. The van der Waals surface area contributed by atoms with Crippen LogP contribution < -0.4 is 15.0 Å². The molecule has 0 spiro atoms. The number of para-hydroxylation sites is 2. The van der Waals surface area contributed by atoms with E-state index in [-0.39, 0.29) is 29.4 Å². The average Bonchev–Trinajstić information content (AvgIpc) is 3.37. The summed E-state index contributed by atoms with van der Waals surface area (Å²) < 4.78 is 7.47. The van der Waals surface area contributed by atoms with Gasteiger partial charge in [-0.15, -0.1) is 11.8 Å². The molecule has 1 N–H and O–H groups in total. The molecule has 2 amide bonds. The van der Waals surface area contributed by atoms with Crippen LogP contribution in [0.3, 0.4) is 0 Å². The maximum absolute atomic E-state index is 13.9. The van der Waals surface area contributed by atoms with E-state index in [4.69, 9.17) is 21.4 Å². The first kappa shape index (κ1) is 28.5. The summed E-state index contributed by atoms with van der Waals surface area (Å²) >= 11 is 8.22. The maximum atomic E-state index is 13.9. The van der Waals surface area contributed by atoms with Gasteiger partial charge in [0.2, 0.25) is 11.8 Å². The number of rotatable bonds is 8. The fourth-order valence-electron chi connectivity index (χ4n) is 5.15. The van der Waals surface area contributed by atoms with E-state index in [0.717, 1.165) is 22.3 Å². The number of hydrogen-bond acceptors (Lipinski definition) is 6. The highest BCUT2D eigenvalue weighted by Crippen LogP contribution is 2.50. The lowest BCUT2D eigenvalue weighted by Crippen LogP contribution is -2.42. The fraction of sp³-hybridized carbons (Fsp3) is 0.152. The second-order valence-electron chi connectivity index (χ2n) is 9.86. The summed E-state index contributed by atoms with van der Waals surface area (Å²) in [6.45, 7) is 0.119. The zero-order valence-electron chi connectivity index (χ0n) is 23.3. The van der Waals surface area contributed by atoms with Crippen molar-refractivity contribution in [2.45, 2.75) is 11.8 Å². The lowest BCUT2D eigenvalue weighted by atomic mass is 9.99. The number of hydrogen-bond donors (Lipinski definition) is 1. The molecule has 1 aliphatic heterocycles. The summed E-state index contributed by atoms with van der Waals surface area (Å²) in [5.41, 5.74) is 4.78. The van der Waals surface area contributed by atoms with Gasteiger partial charge in [0.15, 0.2) is 0 Å². The monoisotopic (exact) mass is 609 g/mol. The van der Waals surface area contributed by atoms with Crippen LogP contribution in [0.15, 0.2) is 103 Å². The number of pyridine rings is 1. The molecule has 43 heavy (non-hydrogen) atoms. The van der Waals surface area contributed by atoms with E-state index in [1.54, 1.807) is 30.3 Å². The van der Waals surface area contributed by atoms with E-state index in [2.05, 4.69) is 10.3 Å². The third-order valence-electron chi connectivity index (χ3n) is 7.18. The van der Waals surface area contributed by atoms with Crippen LogP contribution in [0, 0.1) is 0 Å². The molecular weight excluding hydrogens is 582 g/mol. The summed E-state index contributed by atoms with van der Waals surface area (Å²) in [4.78, 5) is 32.9. The fourth-order valence-corrected chi connectivity index (χ4v) is 6.59. The van der Waals surface area contributed by atoms with E-state index in [9.17, 15) is 9.59 Å². The van der Waals surface area contributed by atoms with Crippen LogP contribution in [-0.4, -0.2) is 46.0 Å². The van der Waals surface area contributed by atoms with Crippen LogP contribution in [-0.2, 0) is 16.1 Å². The molecule has 0 radical (unpaired) electrons. The number of carbonyl (C=O) groups excluding carboxylic acids is 2. The van der Waals surface area contributed by atoms with Crippen LogP contribution >= 0.6 is 23.4 Å². The molecule has 3 aromatic carbocycles. The number of aromatic nitrogens is 3. The molecule has 6 rings (SSSR count). The Kier molecular flexibility index (Phi) is 8.44. The summed E-state index contributed by atoms with van der Waals surface area (Å²) in [6, 6.07) is 28.6. The highest BCUT2D eigenvalue weighted by molar-refractivity contribution is 8.00. The number of carbonyl (C=O) groups is 2. The molecule has 1 atom stereocenters. The summed E-state index contributed by atoms with van der Waals surface area (Å²) in [6.07, 6.45) is 3.35. The third-order valence-corrected chi connectivity index (χ3v) is 8.74. The van der Waals surface area contributed by atoms with Gasteiger partial charge in [-0.1, -0.05) is 72.3 Å². The van der Waals surface area contributed by atoms with Gasteiger partial charge in [-0.3, -0.25) is 19.5 Å². The predicted octanol–water partition coefficient (Wildman–Crippen LogP) is 6.08. The largest absolute Gasteiger partial charge is 0.496 e. The average molecular weight is 610 g/mol. The number of nitrogens with zero attached hydrogens (tertiary/aromatic N) is 4. The Morgan fingerprint density at radius 3 is 2.49 bits per heavy atom. The highest BCUT2D eigenvalue weighted by Gasteiger charge is 2.38. The Hall–Kier alpha value is -4.60. The van der Waals surface area contributed by atoms with Crippen molar-refractivity contribution in [3.8, 4) is 22.7 Å². The lowest BCUT2D eigenvalue weighted by molar-refractivity contribution is -0.123. The maximum Gasteiger partial charge on any atom is 0.240 e. The van der Waals surface area contributed by atoms with Crippen molar-refractivity contribution in [1.29, 1.82) is 0 Å². The van der Waals surface area contributed by atoms with Gasteiger partial charge in [-0.25, -0.2) is 4.68 Å². The minimum absolute atomic E-state index is 0.145. The van der Waals surface area contributed by atoms with Crippen molar-refractivity contribution in [3.05, 3.63) is 125 Å². The second-order valence-corrected chi connectivity index (χ2v) is 11.4. The SMILES string of the molecule is COc1ccccc1[C@H]1SCC(=O)N(CC(=O)NCc2ccncc2)c2c1c(-c1ccccc1)nn2-c1ccccc1Cl. The van der Waals surface area contributed by atoms with Gasteiger partial charge < -0.3 is 10.1 Å². The van der Waals surface area contributed by atoms with E-state index in [0.29, 0.717) is 34.5 Å². The number of nitrogens with one attached hydrogen (secondary N) is 1. The van der Waals surface area contributed by atoms with Gasteiger partial charge in [0.05, 0.1) is 34.5 Å². The van der Waals surface area contributed by atoms with Crippen LogP contribution in [0.1, 0.15) is 21.9 Å². The molecule has 3 heterocycles. The summed E-state index contributed by atoms with van der Waals surface area (Å²) in [5, 5.41) is 8.18. The van der Waals surface area contributed by atoms with Gasteiger partial charge in [-0.2, -0.15) is 5.10 Å². The van der Waals surface area contributed by atoms with Crippen molar-refractivity contribution >= 4 is 41.0 Å². The Balaban J connectivity index is 1.55. The molecule has 0 unspecified atom stereocenters. The van der Waals surface area contributed by atoms with Crippen LogP contribution in [0.2, 0.25) is 5.02 Å². The molecule has 0 bridgehead atoms. The van der Waals surface area contributed by atoms with Gasteiger partial charge in [0.25, 0.3) is 0 Å². The summed E-state index contributed by atoms with van der Waals surface area (Å²) in [7, 11) is 1.64. The minimum atomic E-state index is -0.327. The van der Waals surface area contributed by atoms with E-state index in [1.165, 1.54) is 16.7 Å². The number of thioether (sulfide) groups is 1. The molecule has 10 heteroatoms. The van der Waals surface area contributed by atoms with E-state index in [1.807, 2.05) is 84.9 Å². The van der Waals surface area contributed by atoms with Gasteiger partial charge in [0, 0.05) is 35.6 Å². The minimum Gasteiger partial charge on any atom is -0.496 e. The van der Waals surface area contributed by atoms with Crippen molar-refractivity contribution in [3.63, 3.8) is 0 Å². The standard InChI is InChI=1S/C33H28ClN5O3S/c1-42-27-14-8-5-11-24(27)32-30-31(23-9-3-2-4-10-23)37-39(26-13-7-6-12-25(26)34)33(30)38(29(41)21-43-32)20-28(40)36-19-22-15-17-35-18-16-22/h2-18,32H,19-21H2,1H3,(H,36,40)/t32-/m1/s1. The number of amides is 2. The topological polar surface area (TPSA) is 89.3 Å². The normalized spacial score (nSPS) is 14.6. The Labute approximate surface area is 258 Å². The Morgan fingerprint density at radius 2 is 1.72 bits per heavy atom. The molecule has 2 aromatic heterocycles. The number of fused-ring (bicyclic) bond motifs is 1. The molecule has 5 aromatic rings. The van der Waals surface area contributed by atoms with E-state index >= 15 is 0 Å². The van der Waals surface area contributed by atoms with Gasteiger partial charge in [-0.05, 0) is 35.9 Å². The third kappa shape index (κ3) is 5.86. The van der Waals surface area contributed by atoms with Crippen LogP contribution in [0.25, 0.3) is 16.9 Å². The smallest absolute Gasteiger partial charge is 0.240 e. The number of ether oxygens (including phenoxy) is 1. The second kappa shape index (κ2) is 12.7. The Morgan fingerprint density at radius 1 is 1.00 bits per heavy atom. The van der Waals surface area contributed by atoms with E-state index < -0.39 is 0 Å². The first-order chi connectivity index (χ1) is 21.0. The first-order valence-corrected chi connectivity index (χ1v) is 15.1. The number of benzene rings is 3. The molecule has 1 aliphatic rings. The number of halogens is 1. The molecule has 8 nitrogen and oxygen atoms in total. The first-order valence-electron chi connectivity index (χ1n) is 13.7. The molecular formula is C33H28ClN5O3S.